The number of carbonyl (C=O) groups is 2. The molecule has 0 fully saturated rings. The molecule has 1 atom stereocenters. The molecule has 1 aromatic heterocycles. The van der Waals surface area contributed by atoms with Gasteiger partial charge >= 0.3 is 5.97 Å². The molecule has 2 aromatic rings. The zero-order valence-corrected chi connectivity index (χ0v) is 11.8. The fraction of sp³-hybridized carbons (Fsp3) is 0.267. The summed E-state index contributed by atoms with van der Waals surface area (Å²) in [5.74, 6) is -0.830. The quantitative estimate of drug-likeness (QED) is 0.844. The van der Waals surface area contributed by atoms with Crippen LogP contribution in [0.2, 0.25) is 0 Å². The smallest absolute Gasteiger partial charge is 0.317 e. The molecule has 1 aromatic carbocycles. The van der Waals surface area contributed by atoms with Crippen LogP contribution in [0, 0.1) is 0 Å². The van der Waals surface area contributed by atoms with Crippen LogP contribution in [-0.2, 0) is 14.9 Å². The minimum Gasteiger partial charge on any atom is -0.468 e. The standard InChI is InChI=1S/C15H16N2O4/c1-15(14(19)20-2,11-6-4-3-5-7-11)10-16-13(18)12-8-9-21-17-12/h3-9H,10H2,1-2H3,(H,16,18). The normalized spacial score (nSPS) is 13.2. The first-order valence-electron chi connectivity index (χ1n) is 6.40. The maximum Gasteiger partial charge on any atom is 0.317 e. The summed E-state index contributed by atoms with van der Waals surface area (Å²) in [4.78, 5) is 24.0. The van der Waals surface area contributed by atoms with Crippen molar-refractivity contribution in [3.05, 3.63) is 53.9 Å². The highest BCUT2D eigenvalue weighted by Gasteiger charge is 2.37. The van der Waals surface area contributed by atoms with Gasteiger partial charge in [0.05, 0.1) is 7.11 Å². The Hall–Kier alpha value is -2.63. The summed E-state index contributed by atoms with van der Waals surface area (Å²) in [6, 6.07) is 10.6. The molecule has 1 heterocycles. The summed E-state index contributed by atoms with van der Waals surface area (Å²) < 4.78 is 9.49. The van der Waals surface area contributed by atoms with Gasteiger partial charge in [-0.2, -0.15) is 0 Å². The number of carbonyl (C=O) groups excluding carboxylic acids is 2. The monoisotopic (exact) mass is 288 g/mol. The van der Waals surface area contributed by atoms with Gasteiger partial charge in [0.25, 0.3) is 5.91 Å². The van der Waals surface area contributed by atoms with Crippen LogP contribution in [0.4, 0.5) is 0 Å². The third-order valence-corrected chi connectivity index (χ3v) is 3.32. The summed E-state index contributed by atoms with van der Waals surface area (Å²) in [7, 11) is 1.32. The van der Waals surface area contributed by atoms with Gasteiger partial charge in [-0.15, -0.1) is 0 Å². The SMILES string of the molecule is COC(=O)C(C)(CNC(=O)c1ccon1)c1ccccc1. The first-order chi connectivity index (χ1) is 10.1. The Morgan fingerprint density at radius 3 is 2.57 bits per heavy atom. The zero-order valence-electron chi connectivity index (χ0n) is 11.8. The van der Waals surface area contributed by atoms with Crippen LogP contribution in [-0.4, -0.2) is 30.7 Å². The van der Waals surface area contributed by atoms with Crippen molar-refractivity contribution >= 4 is 11.9 Å². The van der Waals surface area contributed by atoms with Crippen LogP contribution in [0.15, 0.2) is 47.2 Å². The Kier molecular flexibility index (Phi) is 4.37. The molecular weight excluding hydrogens is 272 g/mol. The van der Waals surface area contributed by atoms with Crippen molar-refractivity contribution in [2.24, 2.45) is 0 Å². The minimum absolute atomic E-state index is 0.0926. The lowest BCUT2D eigenvalue weighted by molar-refractivity contribution is -0.146. The molecule has 2 rings (SSSR count). The van der Waals surface area contributed by atoms with Crippen molar-refractivity contribution in [3.8, 4) is 0 Å². The van der Waals surface area contributed by atoms with Crippen molar-refractivity contribution < 1.29 is 18.8 Å². The Labute approximate surface area is 122 Å². The van der Waals surface area contributed by atoms with E-state index in [4.69, 9.17) is 4.74 Å². The first-order valence-corrected chi connectivity index (χ1v) is 6.40. The molecule has 21 heavy (non-hydrogen) atoms. The molecule has 0 aliphatic carbocycles. The molecular formula is C15H16N2O4. The van der Waals surface area contributed by atoms with Gasteiger partial charge in [0, 0.05) is 12.6 Å². The van der Waals surface area contributed by atoms with E-state index >= 15 is 0 Å². The van der Waals surface area contributed by atoms with E-state index in [2.05, 4.69) is 15.0 Å². The van der Waals surface area contributed by atoms with E-state index in [9.17, 15) is 9.59 Å². The van der Waals surface area contributed by atoms with Crippen LogP contribution < -0.4 is 5.32 Å². The maximum atomic E-state index is 12.1. The lowest BCUT2D eigenvalue weighted by Crippen LogP contribution is -2.45. The van der Waals surface area contributed by atoms with Gasteiger partial charge in [0.15, 0.2) is 5.69 Å². The Bertz CT molecular complexity index is 610. The van der Waals surface area contributed by atoms with Crippen LogP contribution in [0.5, 0.6) is 0 Å². The van der Waals surface area contributed by atoms with Gasteiger partial charge in [-0.1, -0.05) is 35.5 Å². The number of methoxy groups -OCH3 is 1. The Balaban J connectivity index is 2.18. The van der Waals surface area contributed by atoms with E-state index < -0.39 is 17.3 Å². The molecule has 1 amide bonds. The van der Waals surface area contributed by atoms with E-state index in [1.54, 1.807) is 6.92 Å². The number of hydrogen-bond donors (Lipinski definition) is 1. The highest BCUT2D eigenvalue weighted by Crippen LogP contribution is 2.24. The van der Waals surface area contributed by atoms with E-state index in [0.717, 1.165) is 5.56 Å². The van der Waals surface area contributed by atoms with Crippen LogP contribution in [0.1, 0.15) is 23.0 Å². The number of aromatic nitrogens is 1. The topological polar surface area (TPSA) is 81.4 Å². The summed E-state index contributed by atoms with van der Waals surface area (Å²) in [6.45, 7) is 1.81. The summed E-state index contributed by atoms with van der Waals surface area (Å²) in [5.41, 5.74) is -0.0531. The number of benzene rings is 1. The third kappa shape index (κ3) is 3.10. The lowest BCUT2D eigenvalue weighted by atomic mass is 9.82. The lowest BCUT2D eigenvalue weighted by Gasteiger charge is -2.27. The fourth-order valence-electron chi connectivity index (χ4n) is 2.00. The fourth-order valence-corrected chi connectivity index (χ4v) is 2.00. The van der Waals surface area contributed by atoms with Crippen LogP contribution in [0.3, 0.4) is 0 Å². The zero-order chi connectivity index (χ0) is 15.3. The molecule has 0 saturated heterocycles. The molecule has 0 bridgehead atoms. The average Bonchev–Trinajstić information content (AvgIpc) is 3.06. The van der Waals surface area contributed by atoms with Crippen molar-refractivity contribution in [2.75, 3.05) is 13.7 Å². The van der Waals surface area contributed by atoms with E-state index in [-0.39, 0.29) is 12.2 Å². The molecule has 0 radical (unpaired) electrons. The second-order valence-corrected chi connectivity index (χ2v) is 4.76. The van der Waals surface area contributed by atoms with Gasteiger partial charge in [0.1, 0.15) is 11.7 Å². The average molecular weight is 288 g/mol. The van der Waals surface area contributed by atoms with E-state index in [1.165, 1.54) is 19.4 Å². The predicted molar refractivity (Wildman–Crippen MR) is 74.6 cm³/mol. The Morgan fingerprint density at radius 1 is 1.29 bits per heavy atom. The van der Waals surface area contributed by atoms with Crippen LogP contribution >= 0.6 is 0 Å². The highest BCUT2D eigenvalue weighted by atomic mass is 16.5. The summed E-state index contributed by atoms with van der Waals surface area (Å²) in [6.07, 6.45) is 1.31. The van der Waals surface area contributed by atoms with Crippen molar-refractivity contribution in [1.82, 2.24) is 10.5 Å². The Morgan fingerprint density at radius 2 is 2.00 bits per heavy atom. The highest BCUT2D eigenvalue weighted by molar-refractivity contribution is 5.93. The van der Waals surface area contributed by atoms with Gasteiger partial charge in [-0.3, -0.25) is 9.59 Å². The second kappa shape index (κ2) is 6.21. The van der Waals surface area contributed by atoms with Crippen molar-refractivity contribution in [3.63, 3.8) is 0 Å². The number of hydrogen-bond acceptors (Lipinski definition) is 5. The minimum atomic E-state index is -0.977. The molecule has 6 heteroatoms. The molecule has 110 valence electrons. The van der Waals surface area contributed by atoms with Crippen molar-refractivity contribution in [2.45, 2.75) is 12.3 Å². The number of esters is 1. The number of nitrogens with one attached hydrogen (secondary N) is 1. The second-order valence-electron chi connectivity index (χ2n) is 4.76. The molecule has 1 N–H and O–H groups in total. The predicted octanol–water partition coefficient (Wildman–Crippen LogP) is 1.54. The number of nitrogens with zero attached hydrogens (tertiary/aromatic N) is 1. The summed E-state index contributed by atoms with van der Waals surface area (Å²) >= 11 is 0. The number of amides is 1. The molecule has 1 unspecified atom stereocenters. The largest absolute Gasteiger partial charge is 0.468 e. The summed E-state index contributed by atoms with van der Waals surface area (Å²) in [5, 5.41) is 6.23. The van der Waals surface area contributed by atoms with Gasteiger partial charge in [0.2, 0.25) is 0 Å². The van der Waals surface area contributed by atoms with E-state index in [1.807, 2.05) is 30.3 Å². The van der Waals surface area contributed by atoms with Crippen molar-refractivity contribution in [1.29, 1.82) is 0 Å². The first kappa shape index (κ1) is 14.8. The molecule has 0 aliphatic heterocycles. The third-order valence-electron chi connectivity index (χ3n) is 3.32. The van der Waals surface area contributed by atoms with E-state index in [0.29, 0.717) is 0 Å². The molecule has 0 spiro atoms. The van der Waals surface area contributed by atoms with Crippen LogP contribution in [0.25, 0.3) is 0 Å². The molecule has 6 nitrogen and oxygen atoms in total. The number of rotatable bonds is 5. The maximum absolute atomic E-state index is 12.1. The van der Waals surface area contributed by atoms with Gasteiger partial charge < -0.3 is 14.6 Å². The van der Waals surface area contributed by atoms with Gasteiger partial charge in [-0.05, 0) is 12.5 Å². The molecule has 0 aliphatic rings. The van der Waals surface area contributed by atoms with Gasteiger partial charge in [-0.25, -0.2) is 0 Å². The molecule has 0 saturated carbocycles. The number of ether oxygens (including phenoxy) is 1.